The Morgan fingerprint density at radius 2 is 2.42 bits per heavy atom. The van der Waals surface area contributed by atoms with E-state index in [0.717, 1.165) is 0 Å². The second-order valence-electron chi connectivity index (χ2n) is 4.31. The maximum Gasteiger partial charge on any atom is 0.330 e. The van der Waals surface area contributed by atoms with Crippen LogP contribution in [0.2, 0.25) is 0 Å². The van der Waals surface area contributed by atoms with E-state index in [1.54, 1.807) is 6.92 Å². The zero-order valence-corrected chi connectivity index (χ0v) is 11.0. The van der Waals surface area contributed by atoms with Crippen molar-refractivity contribution in [1.29, 1.82) is 0 Å². The standard InChI is InChI=1S/C11H13N3O4S/c1-6-3-14(11(17)13-10(6)16)9-2-7(12-5-19)8(4-15)18-9/h3,7-9,15H,2,4H2,1H3,(H,13,16,17)/t7?,8-,9-/m1/s1. The molecule has 0 saturated carbocycles. The minimum absolute atomic E-state index is 0.223. The summed E-state index contributed by atoms with van der Waals surface area (Å²) in [6.07, 6.45) is 0.709. The van der Waals surface area contributed by atoms with Gasteiger partial charge in [0.05, 0.1) is 17.8 Å². The largest absolute Gasteiger partial charge is 0.394 e. The molecule has 0 amide bonds. The molecule has 19 heavy (non-hydrogen) atoms. The lowest BCUT2D eigenvalue weighted by molar-refractivity contribution is -0.0270. The number of isothiocyanates is 1. The number of aliphatic hydroxyl groups is 1. The number of aliphatic hydroxyl groups excluding tert-OH is 1. The van der Waals surface area contributed by atoms with Crippen molar-refractivity contribution in [2.24, 2.45) is 4.99 Å². The molecule has 0 radical (unpaired) electrons. The number of aliphatic imine (C=N–C) groups is 1. The van der Waals surface area contributed by atoms with E-state index < -0.39 is 23.6 Å². The third-order valence-electron chi connectivity index (χ3n) is 3.06. The molecule has 1 aromatic heterocycles. The minimum Gasteiger partial charge on any atom is -0.394 e. The molecule has 1 saturated heterocycles. The summed E-state index contributed by atoms with van der Waals surface area (Å²) in [6.45, 7) is 1.37. The Balaban J connectivity index is 2.34. The van der Waals surface area contributed by atoms with Crippen LogP contribution >= 0.6 is 12.2 Å². The molecule has 0 aliphatic carbocycles. The summed E-state index contributed by atoms with van der Waals surface area (Å²) in [6, 6.07) is -0.341. The molecule has 8 heteroatoms. The molecule has 0 aromatic carbocycles. The SMILES string of the molecule is Cc1cn([C@H]2CC(N=C=S)[C@@H](CO)O2)c(=O)[nH]c1=O. The number of thiocarbonyl (C=S) groups is 1. The van der Waals surface area contributed by atoms with E-state index in [-0.39, 0.29) is 12.6 Å². The average molecular weight is 283 g/mol. The quantitative estimate of drug-likeness (QED) is 0.581. The summed E-state index contributed by atoms with van der Waals surface area (Å²) in [4.78, 5) is 29.2. The molecule has 1 unspecified atom stereocenters. The van der Waals surface area contributed by atoms with E-state index in [1.165, 1.54) is 10.8 Å². The lowest BCUT2D eigenvalue weighted by Crippen LogP contribution is -2.33. The predicted molar refractivity (Wildman–Crippen MR) is 70.5 cm³/mol. The summed E-state index contributed by atoms with van der Waals surface area (Å²) in [5.41, 5.74) is -0.568. The topological polar surface area (TPSA) is 96.7 Å². The first-order valence-corrected chi connectivity index (χ1v) is 6.13. The van der Waals surface area contributed by atoms with E-state index >= 15 is 0 Å². The number of nitrogens with zero attached hydrogens (tertiary/aromatic N) is 2. The zero-order chi connectivity index (χ0) is 14.0. The lowest BCUT2D eigenvalue weighted by atomic mass is 10.1. The number of rotatable bonds is 3. The number of aryl methyl sites for hydroxylation is 1. The van der Waals surface area contributed by atoms with Gasteiger partial charge in [-0.1, -0.05) is 0 Å². The van der Waals surface area contributed by atoms with Gasteiger partial charge in [-0.05, 0) is 19.1 Å². The third-order valence-corrected chi connectivity index (χ3v) is 3.16. The Morgan fingerprint density at radius 1 is 1.68 bits per heavy atom. The molecule has 0 bridgehead atoms. The Morgan fingerprint density at radius 3 is 3.05 bits per heavy atom. The molecule has 0 spiro atoms. The van der Waals surface area contributed by atoms with E-state index in [2.05, 4.69) is 27.4 Å². The highest BCUT2D eigenvalue weighted by Gasteiger charge is 2.36. The number of hydrogen-bond acceptors (Lipinski definition) is 6. The molecule has 2 heterocycles. The minimum atomic E-state index is -0.586. The number of aromatic amines is 1. The summed E-state index contributed by atoms with van der Waals surface area (Å²) >= 11 is 4.54. The van der Waals surface area contributed by atoms with Crippen LogP contribution in [-0.2, 0) is 4.74 Å². The molecular formula is C11H13N3O4S. The third kappa shape index (κ3) is 2.71. The van der Waals surface area contributed by atoms with E-state index in [9.17, 15) is 14.7 Å². The summed E-state index contributed by atoms with van der Waals surface area (Å²) in [5, 5.41) is 11.5. The molecule has 2 rings (SSSR count). The Bertz CT molecular complexity index is 632. The average Bonchev–Trinajstić information content (AvgIpc) is 2.77. The van der Waals surface area contributed by atoms with Crippen molar-refractivity contribution in [3.8, 4) is 0 Å². The van der Waals surface area contributed by atoms with Gasteiger partial charge in [-0.3, -0.25) is 14.3 Å². The molecule has 1 aliphatic heterocycles. The molecule has 1 aromatic rings. The number of hydrogen-bond donors (Lipinski definition) is 2. The van der Waals surface area contributed by atoms with Crippen LogP contribution in [0.3, 0.4) is 0 Å². The van der Waals surface area contributed by atoms with Crippen LogP contribution < -0.4 is 11.2 Å². The summed E-state index contributed by atoms with van der Waals surface area (Å²) < 4.78 is 6.84. The summed E-state index contributed by atoms with van der Waals surface area (Å²) in [7, 11) is 0. The van der Waals surface area contributed by atoms with E-state index in [4.69, 9.17) is 4.74 Å². The van der Waals surface area contributed by atoms with Crippen molar-refractivity contribution in [3.05, 3.63) is 32.6 Å². The van der Waals surface area contributed by atoms with Gasteiger partial charge >= 0.3 is 5.69 Å². The fraction of sp³-hybridized carbons (Fsp3) is 0.545. The highest BCUT2D eigenvalue weighted by Crippen LogP contribution is 2.29. The van der Waals surface area contributed by atoms with Crippen molar-refractivity contribution < 1.29 is 9.84 Å². The monoisotopic (exact) mass is 283 g/mol. The van der Waals surface area contributed by atoms with Gasteiger partial charge in [-0.25, -0.2) is 9.79 Å². The number of H-pyrrole nitrogens is 1. The molecular weight excluding hydrogens is 270 g/mol. The van der Waals surface area contributed by atoms with Crippen LogP contribution in [0.15, 0.2) is 20.8 Å². The fourth-order valence-corrected chi connectivity index (χ4v) is 2.19. The van der Waals surface area contributed by atoms with E-state index in [0.29, 0.717) is 12.0 Å². The predicted octanol–water partition coefficient (Wildman–Crippen LogP) is -0.404. The van der Waals surface area contributed by atoms with Gasteiger partial charge in [-0.15, -0.1) is 0 Å². The van der Waals surface area contributed by atoms with Gasteiger partial charge in [0.1, 0.15) is 12.3 Å². The number of aromatic nitrogens is 2. The van der Waals surface area contributed by atoms with Gasteiger partial charge in [0, 0.05) is 18.2 Å². The Kier molecular flexibility index (Phi) is 4.06. The van der Waals surface area contributed by atoms with Crippen molar-refractivity contribution in [2.75, 3.05) is 6.61 Å². The molecule has 2 N–H and O–H groups in total. The first-order chi connectivity index (χ1) is 9.06. The smallest absolute Gasteiger partial charge is 0.330 e. The van der Waals surface area contributed by atoms with Gasteiger partial charge in [0.15, 0.2) is 0 Å². The van der Waals surface area contributed by atoms with Crippen molar-refractivity contribution in [3.63, 3.8) is 0 Å². The maximum atomic E-state index is 11.7. The number of ether oxygens (including phenoxy) is 1. The van der Waals surface area contributed by atoms with Gasteiger partial charge in [0.2, 0.25) is 0 Å². The van der Waals surface area contributed by atoms with Gasteiger partial charge in [-0.2, -0.15) is 0 Å². The zero-order valence-electron chi connectivity index (χ0n) is 10.2. The second kappa shape index (κ2) is 5.58. The Hall–Kier alpha value is -1.60. The molecule has 3 atom stereocenters. The second-order valence-corrected chi connectivity index (χ2v) is 4.50. The maximum absolute atomic E-state index is 11.7. The van der Waals surface area contributed by atoms with Crippen LogP contribution in [0, 0.1) is 6.92 Å². The van der Waals surface area contributed by atoms with Crippen molar-refractivity contribution in [1.82, 2.24) is 9.55 Å². The highest BCUT2D eigenvalue weighted by atomic mass is 32.1. The Labute approximate surface area is 113 Å². The first-order valence-electron chi connectivity index (χ1n) is 5.72. The van der Waals surface area contributed by atoms with Crippen LogP contribution in [0.4, 0.5) is 0 Å². The van der Waals surface area contributed by atoms with Gasteiger partial charge < -0.3 is 9.84 Å². The van der Waals surface area contributed by atoms with Gasteiger partial charge in [0.25, 0.3) is 5.56 Å². The van der Waals surface area contributed by atoms with Crippen molar-refractivity contribution in [2.45, 2.75) is 31.7 Å². The molecule has 102 valence electrons. The van der Waals surface area contributed by atoms with Crippen LogP contribution in [0.5, 0.6) is 0 Å². The molecule has 1 aliphatic rings. The van der Waals surface area contributed by atoms with E-state index in [1.807, 2.05) is 0 Å². The fourth-order valence-electron chi connectivity index (χ4n) is 2.05. The highest BCUT2D eigenvalue weighted by molar-refractivity contribution is 7.78. The van der Waals surface area contributed by atoms with Crippen LogP contribution in [-0.4, -0.2) is 38.6 Å². The lowest BCUT2D eigenvalue weighted by Gasteiger charge is -2.14. The van der Waals surface area contributed by atoms with Crippen molar-refractivity contribution >= 4 is 17.4 Å². The molecule has 7 nitrogen and oxygen atoms in total. The number of nitrogens with one attached hydrogen (secondary N) is 1. The normalized spacial score (nSPS) is 26.1. The summed E-state index contributed by atoms with van der Waals surface area (Å²) in [5.74, 6) is 0. The molecule has 1 fully saturated rings. The van der Waals surface area contributed by atoms with Crippen LogP contribution in [0.25, 0.3) is 0 Å². The first kappa shape index (κ1) is 13.8. The van der Waals surface area contributed by atoms with Crippen LogP contribution in [0.1, 0.15) is 18.2 Å².